The number of thioether (sulfide) groups is 1. The van der Waals surface area contributed by atoms with E-state index in [4.69, 9.17) is 4.74 Å². The van der Waals surface area contributed by atoms with Crippen LogP contribution >= 0.6 is 43.6 Å². The van der Waals surface area contributed by atoms with Crippen molar-refractivity contribution < 1.29 is 24.5 Å². The maximum atomic E-state index is 12.5. The van der Waals surface area contributed by atoms with Gasteiger partial charge in [-0.15, -0.1) is 0 Å². The molecule has 140 valence electrons. The molecule has 0 atom stereocenters. The van der Waals surface area contributed by atoms with Crippen molar-refractivity contribution in [1.29, 1.82) is 0 Å². The van der Waals surface area contributed by atoms with Crippen LogP contribution in [0.3, 0.4) is 0 Å². The SMILES string of the molecule is O=C1S/C(=C\c2cc(Br)c(O)c(Br)c2O)C(=O)N1CCOc1ccccc1. The molecule has 0 aromatic heterocycles. The van der Waals surface area contributed by atoms with Crippen molar-refractivity contribution in [2.45, 2.75) is 0 Å². The minimum Gasteiger partial charge on any atom is -0.506 e. The van der Waals surface area contributed by atoms with Crippen LogP contribution < -0.4 is 4.74 Å². The van der Waals surface area contributed by atoms with Gasteiger partial charge < -0.3 is 14.9 Å². The van der Waals surface area contributed by atoms with E-state index >= 15 is 0 Å². The lowest BCUT2D eigenvalue weighted by atomic mass is 10.1. The number of amides is 2. The van der Waals surface area contributed by atoms with E-state index in [2.05, 4.69) is 31.9 Å². The lowest BCUT2D eigenvalue weighted by Crippen LogP contribution is -2.32. The quantitative estimate of drug-likeness (QED) is 0.560. The highest BCUT2D eigenvalue weighted by Crippen LogP contribution is 2.43. The Morgan fingerprint density at radius 1 is 1.11 bits per heavy atom. The lowest BCUT2D eigenvalue weighted by Gasteiger charge is -2.13. The molecular weight excluding hydrogens is 502 g/mol. The average molecular weight is 515 g/mol. The van der Waals surface area contributed by atoms with Gasteiger partial charge in [-0.3, -0.25) is 14.5 Å². The van der Waals surface area contributed by atoms with E-state index in [9.17, 15) is 19.8 Å². The minimum absolute atomic E-state index is 0.0959. The van der Waals surface area contributed by atoms with E-state index in [1.807, 2.05) is 18.2 Å². The van der Waals surface area contributed by atoms with Crippen LogP contribution in [0.15, 0.2) is 50.2 Å². The largest absolute Gasteiger partial charge is 0.506 e. The second-order valence-corrected chi connectivity index (χ2v) is 8.09. The van der Waals surface area contributed by atoms with E-state index in [-0.39, 0.29) is 39.6 Å². The van der Waals surface area contributed by atoms with Crippen molar-refractivity contribution in [3.63, 3.8) is 0 Å². The summed E-state index contributed by atoms with van der Waals surface area (Å²) in [4.78, 5) is 25.9. The Balaban J connectivity index is 1.73. The maximum absolute atomic E-state index is 12.5. The Morgan fingerprint density at radius 2 is 1.81 bits per heavy atom. The zero-order valence-corrected chi connectivity index (χ0v) is 17.7. The smallest absolute Gasteiger partial charge is 0.293 e. The molecule has 1 aliphatic rings. The van der Waals surface area contributed by atoms with Gasteiger partial charge in [0.05, 0.1) is 15.9 Å². The highest BCUT2D eigenvalue weighted by Gasteiger charge is 2.35. The summed E-state index contributed by atoms with van der Waals surface area (Å²) in [7, 11) is 0. The molecule has 0 unspecified atom stereocenters. The number of nitrogens with zero attached hydrogens (tertiary/aromatic N) is 1. The fraction of sp³-hybridized carbons (Fsp3) is 0.111. The first-order valence-electron chi connectivity index (χ1n) is 7.71. The van der Waals surface area contributed by atoms with Crippen LogP contribution in [0.5, 0.6) is 17.2 Å². The molecule has 0 aliphatic carbocycles. The molecule has 9 heteroatoms. The number of halogens is 2. The number of imide groups is 1. The van der Waals surface area contributed by atoms with Crippen LogP contribution in [0.2, 0.25) is 0 Å². The molecule has 1 fully saturated rings. The van der Waals surface area contributed by atoms with Gasteiger partial charge >= 0.3 is 0 Å². The van der Waals surface area contributed by atoms with Gasteiger partial charge in [0.25, 0.3) is 11.1 Å². The number of aromatic hydroxyl groups is 2. The van der Waals surface area contributed by atoms with Crippen molar-refractivity contribution in [1.82, 2.24) is 4.90 Å². The van der Waals surface area contributed by atoms with Gasteiger partial charge in [-0.25, -0.2) is 0 Å². The molecule has 1 aliphatic heterocycles. The molecule has 0 spiro atoms. The van der Waals surface area contributed by atoms with Crippen LogP contribution in [-0.4, -0.2) is 39.4 Å². The fourth-order valence-corrected chi connectivity index (χ4v) is 4.34. The zero-order chi connectivity index (χ0) is 19.6. The number of carbonyl (C=O) groups excluding carboxylic acids is 2. The average Bonchev–Trinajstić information content (AvgIpc) is 2.92. The molecule has 0 saturated carbocycles. The highest BCUT2D eigenvalue weighted by molar-refractivity contribution is 9.11. The second-order valence-electron chi connectivity index (χ2n) is 5.45. The summed E-state index contributed by atoms with van der Waals surface area (Å²) in [6.45, 7) is 0.294. The minimum atomic E-state index is -0.457. The lowest BCUT2D eigenvalue weighted by molar-refractivity contribution is -0.123. The topological polar surface area (TPSA) is 87.1 Å². The molecule has 3 rings (SSSR count). The number of ether oxygens (including phenoxy) is 1. The molecular formula is C18H13Br2NO5S. The number of hydrogen-bond donors (Lipinski definition) is 2. The monoisotopic (exact) mass is 513 g/mol. The van der Waals surface area contributed by atoms with Gasteiger partial charge in [-0.1, -0.05) is 18.2 Å². The number of carbonyl (C=O) groups is 2. The predicted octanol–water partition coefficient (Wildman–Crippen LogP) is 4.74. The molecule has 1 saturated heterocycles. The van der Waals surface area contributed by atoms with Gasteiger partial charge in [0.2, 0.25) is 0 Å². The third-order valence-electron chi connectivity index (χ3n) is 3.68. The summed E-state index contributed by atoms with van der Waals surface area (Å²) in [5.41, 5.74) is 0.289. The van der Waals surface area contributed by atoms with Crippen molar-refractivity contribution in [3.8, 4) is 17.2 Å². The standard InChI is InChI=1S/C18H13Br2NO5S/c19-12-8-10(15(22)14(20)16(12)23)9-13-17(24)21(18(25)27-13)6-7-26-11-4-2-1-3-5-11/h1-5,8-9,22-23H,6-7H2/b13-9-. The first-order valence-corrected chi connectivity index (χ1v) is 10.1. The zero-order valence-electron chi connectivity index (χ0n) is 13.7. The summed E-state index contributed by atoms with van der Waals surface area (Å²) in [5.74, 6) is -0.184. The number of rotatable bonds is 5. The number of phenols is 2. The van der Waals surface area contributed by atoms with Gasteiger partial charge in [0.15, 0.2) is 0 Å². The molecule has 2 aromatic carbocycles. The van der Waals surface area contributed by atoms with E-state index in [1.54, 1.807) is 12.1 Å². The number of para-hydroxylation sites is 1. The summed E-state index contributed by atoms with van der Waals surface area (Å²) >= 11 is 7.04. The van der Waals surface area contributed by atoms with Crippen molar-refractivity contribution in [2.75, 3.05) is 13.2 Å². The maximum Gasteiger partial charge on any atom is 0.293 e. The van der Waals surface area contributed by atoms with Crippen molar-refractivity contribution >= 4 is 60.8 Å². The molecule has 0 radical (unpaired) electrons. The van der Waals surface area contributed by atoms with Crippen molar-refractivity contribution in [2.24, 2.45) is 0 Å². The second kappa shape index (κ2) is 8.37. The number of phenolic OH excluding ortho intramolecular Hbond substituents is 2. The van der Waals surface area contributed by atoms with E-state index < -0.39 is 11.1 Å². The third-order valence-corrected chi connectivity index (χ3v) is 5.95. The molecule has 1 heterocycles. The Kier molecular flexibility index (Phi) is 6.13. The Labute approximate surface area is 176 Å². The van der Waals surface area contributed by atoms with E-state index in [0.717, 1.165) is 16.7 Å². The Morgan fingerprint density at radius 3 is 2.52 bits per heavy atom. The van der Waals surface area contributed by atoms with Crippen LogP contribution in [0.4, 0.5) is 4.79 Å². The summed E-state index contributed by atoms with van der Waals surface area (Å²) in [6, 6.07) is 10.6. The molecule has 2 amide bonds. The Hall–Kier alpha value is -1.97. The normalized spacial score (nSPS) is 15.6. The van der Waals surface area contributed by atoms with Gasteiger partial charge in [-0.05, 0) is 67.9 Å². The fourth-order valence-electron chi connectivity index (χ4n) is 2.33. The molecule has 2 N–H and O–H groups in total. The number of hydrogen-bond acceptors (Lipinski definition) is 6. The van der Waals surface area contributed by atoms with Crippen LogP contribution in [0, 0.1) is 0 Å². The predicted molar refractivity (Wildman–Crippen MR) is 110 cm³/mol. The first-order chi connectivity index (χ1) is 12.9. The number of benzene rings is 2. The molecule has 6 nitrogen and oxygen atoms in total. The molecule has 0 bridgehead atoms. The summed E-state index contributed by atoms with van der Waals surface area (Å²) in [6.07, 6.45) is 1.41. The molecule has 2 aromatic rings. The van der Waals surface area contributed by atoms with Gasteiger partial charge in [-0.2, -0.15) is 0 Å². The van der Waals surface area contributed by atoms with E-state index in [0.29, 0.717) is 10.2 Å². The highest BCUT2D eigenvalue weighted by atomic mass is 79.9. The van der Waals surface area contributed by atoms with Crippen molar-refractivity contribution in [3.05, 3.63) is 55.8 Å². The summed E-state index contributed by atoms with van der Waals surface area (Å²) < 4.78 is 5.96. The van der Waals surface area contributed by atoms with Crippen LogP contribution in [0.1, 0.15) is 5.56 Å². The Bertz CT molecular complexity index is 933. The van der Waals surface area contributed by atoms with Gasteiger partial charge in [0.1, 0.15) is 28.3 Å². The summed E-state index contributed by atoms with van der Waals surface area (Å²) in [5, 5.41) is 19.5. The van der Waals surface area contributed by atoms with E-state index in [1.165, 1.54) is 12.1 Å². The molecule has 27 heavy (non-hydrogen) atoms. The van der Waals surface area contributed by atoms with Crippen LogP contribution in [0.25, 0.3) is 6.08 Å². The van der Waals surface area contributed by atoms with Gasteiger partial charge in [0, 0.05) is 5.56 Å². The third kappa shape index (κ3) is 4.31. The van der Waals surface area contributed by atoms with Crippen LogP contribution in [-0.2, 0) is 4.79 Å². The first kappa shape index (κ1) is 19.8.